The van der Waals surface area contributed by atoms with Gasteiger partial charge in [-0.1, -0.05) is 18.2 Å². The van der Waals surface area contributed by atoms with Gasteiger partial charge in [-0.25, -0.2) is 0 Å². The van der Waals surface area contributed by atoms with E-state index in [2.05, 4.69) is 5.32 Å². The average molecular weight is 272 g/mol. The highest BCUT2D eigenvalue weighted by Gasteiger charge is 2.12. The van der Waals surface area contributed by atoms with E-state index in [0.29, 0.717) is 6.54 Å². The van der Waals surface area contributed by atoms with Crippen LogP contribution in [0, 0.1) is 0 Å². The molecule has 0 atom stereocenters. The van der Waals surface area contributed by atoms with Gasteiger partial charge in [0.2, 0.25) is 0 Å². The summed E-state index contributed by atoms with van der Waals surface area (Å²) in [4.78, 5) is 12.0. The molecule has 5 nitrogen and oxygen atoms in total. The number of ether oxygens (including phenoxy) is 1. The van der Waals surface area contributed by atoms with Crippen LogP contribution in [-0.4, -0.2) is 18.1 Å². The summed E-state index contributed by atoms with van der Waals surface area (Å²) in [7, 11) is 1.59. The van der Waals surface area contributed by atoms with Crippen molar-refractivity contribution in [2.75, 3.05) is 12.8 Å². The molecule has 0 saturated heterocycles. The molecule has 2 aromatic rings. The Kier molecular flexibility index (Phi) is 4.10. The van der Waals surface area contributed by atoms with E-state index in [1.54, 1.807) is 13.2 Å². The third-order valence-electron chi connectivity index (χ3n) is 2.90. The lowest BCUT2D eigenvalue weighted by Gasteiger charge is -2.09. The molecule has 0 aliphatic rings. The number of rotatable bonds is 4. The van der Waals surface area contributed by atoms with Crippen LogP contribution in [-0.2, 0) is 6.54 Å². The zero-order valence-electron chi connectivity index (χ0n) is 11.1. The summed E-state index contributed by atoms with van der Waals surface area (Å²) >= 11 is 0. The Morgan fingerprint density at radius 1 is 1.30 bits per heavy atom. The van der Waals surface area contributed by atoms with Gasteiger partial charge < -0.3 is 20.9 Å². The Labute approximate surface area is 117 Å². The van der Waals surface area contributed by atoms with Gasteiger partial charge in [0, 0.05) is 6.54 Å². The van der Waals surface area contributed by atoms with Gasteiger partial charge in [0.1, 0.15) is 5.75 Å². The van der Waals surface area contributed by atoms with Crippen LogP contribution in [0.1, 0.15) is 15.9 Å². The van der Waals surface area contributed by atoms with Crippen molar-refractivity contribution in [2.45, 2.75) is 6.54 Å². The number of carbonyl (C=O) groups is 1. The number of methoxy groups -OCH3 is 1. The highest BCUT2D eigenvalue weighted by Crippen LogP contribution is 2.24. The zero-order valence-corrected chi connectivity index (χ0v) is 11.1. The topological polar surface area (TPSA) is 84.6 Å². The van der Waals surface area contributed by atoms with Crippen LogP contribution in [0.2, 0.25) is 0 Å². The number of amides is 1. The molecular formula is C15H16N2O3. The smallest absolute Gasteiger partial charge is 0.255 e. The van der Waals surface area contributed by atoms with Crippen LogP contribution in [0.25, 0.3) is 0 Å². The summed E-state index contributed by atoms with van der Waals surface area (Å²) in [5.74, 6) is 0.150. The summed E-state index contributed by atoms with van der Waals surface area (Å²) in [5, 5.41) is 12.5. The van der Waals surface area contributed by atoms with Crippen molar-refractivity contribution in [3.05, 3.63) is 53.6 Å². The molecular weight excluding hydrogens is 256 g/mol. The molecule has 0 spiro atoms. The number of aromatic hydroxyl groups is 1. The lowest BCUT2D eigenvalue weighted by atomic mass is 10.1. The number of para-hydroxylation sites is 1. The van der Waals surface area contributed by atoms with Gasteiger partial charge in [-0.05, 0) is 29.8 Å². The second kappa shape index (κ2) is 5.97. The Morgan fingerprint density at radius 3 is 2.80 bits per heavy atom. The third-order valence-corrected chi connectivity index (χ3v) is 2.90. The Hall–Kier alpha value is -2.69. The maximum absolute atomic E-state index is 12.0. The number of carbonyl (C=O) groups excluding carboxylic acids is 1. The van der Waals surface area contributed by atoms with Crippen molar-refractivity contribution in [2.24, 2.45) is 0 Å². The van der Waals surface area contributed by atoms with Crippen LogP contribution in [0.15, 0.2) is 42.5 Å². The molecule has 4 N–H and O–H groups in total. The number of anilines is 1. The summed E-state index contributed by atoms with van der Waals surface area (Å²) in [6.45, 7) is 0.338. The fraction of sp³-hybridized carbons (Fsp3) is 0.133. The number of hydrogen-bond acceptors (Lipinski definition) is 4. The fourth-order valence-corrected chi connectivity index (χ4v) is 1.80. The fourth-order valence-electron chi connectivity index (χ4n) is 1.80. The number of phenolic OH excluding ortho intramolecular Hbond substituents is 1. The van der Waals surface area contributed by atoms with Gasteiger partial charge in [0.05, 0.1) is 18.4 Å². The number of nitrogens with two attached hydrogens (primary N) is 1. The Morgan fingerprint density at radius 2 is 2.05 bits per heavy atom. The van der Waals surface area contributed by atoms with Crippen LogP contribution in [0.4, 0.5) is 5.69 Å². The van der Waals surface area contributed by atoms with Crippen molar-refractivity contribution in [1.29, 1.82) is 0 Å². The van der Waals surface area contributed by atoms with E-state index in [4.69, 9.17) is 10.5 Å². The van der Waals surface area contributed by atoms with Crippen molar-refractivity contribution >= 4 is 11.6 Å². The lowest BCUT2D eigenvalue weighted by Crippen LogP contribution is -2.23. The molecule has 1 amide bonds. The van der Waals surface area contributed by atoms with Crippen LogP contribution >= 0.6 is 0 Å². The first kappa shape index (κ1) is 13.7. The Balaban J connectivity index is 2.06. The molecule has 104 valence electrons. The van der Waals surface area contributed by atoms with Gasteiger partial charge in [0.15, 0.2) is 5.75 Å². The maximum Gasteiger partial charge on any atom is 0.255 e. The molecule has 5 heteroatoms. The summed E-state index contributed by atoms with van der Waals surface area (Å²) < 4.78 is 5.11. The second-order valence-corrected chi connectivity index (χ2v) is 4.28. The van der Waals surface area contributed by atoms with Crippen LogP contribution in [0.3, 0.4) is 0 Å². The Bertz CT molecular complexity index is 626. The predicted molar refractivity (Wildman–Crippen MR) is 76.7 cm³/mol. The molecule has 0 radical (unpaired) electrons. The number of benzene rings is 2. The largest absolute Gasteiger partial charge is 0.505 e. The van der Waals surface area contributed by atoms with E-state index in [0.717, 1.165) is 11.3 Å². The monoisotopic (exact) mass is 272 g/mol. The zero-order chi connectivity index (χ0) is 14.5. The molecule has 0 aliphatic carbocycles. The molecule has 2 aromatic carbocycles. The van der Waals surface area contributed by atoms with E-state index in [1.807, 2.05) is 24.3 Å². The average Bonchev–Trinajstić information content (AvgIpc) is 2.48. The molecule has 0 aliphatic heterocycles. The minimum absolute atomic E-state index is 0.160. The lowest BCUT2D eigenvalue weighted by molar-refractivity contribution is 0.0948. The molecule has 0 saturated carbocycles. The van der Waals surface area contributed by atoms with Crippen molar-refractivity contribution in [1.82, 2.24) is 5.32 Å². The summed E-state index contributed by atoms with van der Waals surface area (Å²) in [5.41, 5.74) is 6.80. The van der Waals surface area contributed by atoms with Gasteiger partial charge >= 0.3 is 0 Å². The maximum atomic E-state index is 12.0. The second-order valence-electron chi connectivity index (χ2n) is 4.28. The standard InChI is InChI=1S/C15H16N2O3/c1-20-11-5-2-4-10(8-11)9-17-15(19)12-6-3-7-13(16)14(12)18/h2-8,18H,9,16H2,1H3,(H,17,19). The number of hydrogen-bond donors (Lipinski definition) is 3. The first-order valence-corrected chi connectivity index (χ1v) is 6.10. The highest BCUT2D eigenvalue weighted by molar-refractivity contribution is 5.98. The molecule has 0 bridgehead atoms. The molecule has 0 unspecified atom stereocenters. The predicted octanol–water partition coefficient (Wildman–Crippen LogP) is 1.91. The normalized spacial score (nSPS) is 10.1. The minimum atomic E-state index is -0.377. The van der Waals surface area contributed by atoms with Crippen molar-refractivity contribution in [3.63, 3.8) is 0 Å². The van der Waals surface area contributed by atoms with E-state index in [1.165, 1.54) is 12.1 Å². The first-order valence-electron chi connectivity index (χ1n) is 6.10. The highest BCUT2D eigenvalue weighted by atomic mass is 16.5. The molecule has 20 heavy (non-hydrogen) atoms. The van der Waals surface area contributed by atoms with Gasteiger partial charge in [0.25, 0.3) is 5.91 Å². The van der Waals surface area contributed by atoms with Gasteiger partial charge in [-0.15, -0.1) is 0 Å². The quantitative estimate of drug-likeness (QED) is 0.586. The molecule has 2 rings (SSSR count). The minimum Gasteiger partial charge on any atom is -0.505 e. The van der Waals surface area contributed by atoms with E-state index in [-0.39, 0.29) is 22.9 Å². The number of phenols is 1. The molecule has 0 aromatic heterocycles. The van der Waals surface area contributed by atoms with Gasteiger partial charge in [-0.3, -0.25) is 4.79 Å². The molecule has 0 heterocycles. The van der Waals surface area contributed by atoms with Crippen molar-refractivity contribution in [3.8, 4) is 11.5 Å². The first-order chi connectivity index (χ1) is 9.61. The summed E-state index contributed by atoms with van der Waals surface area (Å²) in [6, 6.07) is 12.1. The van der Waals surface area contributed by atoms with E-state index < -0.39 is 0 Å². The van der Waals surface area contributed by atoms with Crippen molar-refractivity contribution < 1.29 is 14.6 Å². The third kappa shape index (κ3) is 3.00. The van der Waals surface area contributed by atoms with Crippen LogP contribution < -0.4 is 15.8 Å². The van der Waals surface area contributed by atoms with Crippen LogP contribution in [0.5, 0.6) is 11.5 Å². The van der Waals surface area contributed by atoms with E-state index in [9.17, 15) is 9.90 Å². The SMILES string of the molecule is COc1cccc(CNC(=O)c2cccc(N)c2O)c1. The van der Waals surface area contributed by atoms with Gasteiger partial charge in [-0.2, -0.15) is 0 Å². The molecule has 0 fully saturated rings. The number of nitrogen functional groups attached to an aromatic ring is 1. The summed E-state index contributed by atoms with van der Waals surface area (Å²) in [6.07, 6.45) is 0. The number of nitrogens with one attached hydrogen (secondary N) is 1. The van der Waals surface area contributed by atoms with E-state index >= 15 is 0 Å².